The highest BCUT2D eigenvalue weighted by Crippen LogP contribution is 2.22. The summed E-state index contributed by atoms with van der Waals surface area (Å²) in [5.74, 6) is 0.620. The Morgan fingerprint density at radius 1 is 1.04 bits per heavy atom. The summed E-state index contributed by atoms with van der Waals surface area (Å²) in [6.45, 7) is 3.29. The van der Waals surface area contributed by atoms with Crippen molar-refractivity contribution < 1.29 is 4.79 Å². The number of carbonyl (C=O) groups excluding carboxylic acids is 1. The van der Waals surface area contributed by atoms with Crippen LogP contribution in [0.4, 0.5) is 0 Å². The Morgan fingerprint density at radius 2 is 1.71 bits per heavy atom. The molecule has 0 saturated carbocycles. The average Bonchev–Trinajstić information content (AvgIpc) is 2.72. The van der Waals surface area contributed by atoms with Gasteiger partial charge in [-0.05, 0) is 49.8 Å². The number of likely N-dealkylation sites (tertiary alicyclic amines) is 1. The third kappa shape index (κ3) is 3.84. The fourth-order valence-corrected chi connectivity index (χ4v) is 4.05. The number of fused-ring (bicyclic) bond motifs is 1. The van der Waals surface area contributed by atoms with Crippen LogP contribution >= 0.6 is 0 Å². The first-order valence-electron chi connectivity index (χ1n) is 9.89. The molecule has 0 aliphatic carbocycles. The second-order valence-electron chi connectivity index (χ2n) is 7.59. The van der Waals surface area contributed by atoms with Crippen molar-refractivity contribution in [1.82, 2.24) is 14.5 Å². The van der Waals surface area contributed by atoms with E-state index >= 15 is 0 Å². The average molecular weight is 375 g/mol. The number of para-hydroxylation sites is 2. The van der Waals surface area contributed by atoms with Gasteiger partial charge < -0.3 is 4.90 Å². The molecule has 1 fully saturated rings. The Bertz CT molecular complexity index is 1030. The second kappa shape index (κ2) is 7.97. The first kappa shape index (κ1) is 18.4. The molecule has 0 atom stereocenters. The fraction of sp³-hybridized carbons (Fsp3) is 0.348. The molecular formula is C23H25N3O2. The van der Waals surface area contributed by atoms with Gasteiger partial charge in [0, 0.05) is 13.1 Å². The number of rotatable bonds is 4. The van der Waals surface area contributed by atoms with E-state index in [9.17, 15) is 9.59 Å². The van der Waals surface area contributed by atoms with E-state index in [4.69, 9.17) is 0 Å². The molecule has 2 heterocycles. The van der Waals surface area contributed by atoms with Crippen molar-refractivity contribution in [2.24, 2.45) is 5.92 Å². The van der Waals surface area contributed by atoms with E-state index in [1.165, 1.54) is 5.56 Å². The van der Waals surface area contributed by atoms with Gasteiger partial charge >= 0.3 is 0 Å². The van der Waals surface area contributed by atoms with Crippen LogP contribution in [0.1, 0.15) is 24.1 Å². The van der Waals surface area contributed by atoms with Gasteiger partial charge in [-0.25, -0.2) is 4.98 Å². The number of carbonyl (C=O) groups is 1. The number of nitrogens with zero attached hydrogens (tertiary/aromatic N) is 3. The van der Waals surface area contributed by atoms with Gasteiger partial charge in [-0.15, -0.1) is 0 Å². The predicted molar refractivity (Wildman–Crippen MR) is 110 cm³/mol. The fourth-order valence-electron chi connectivity index (χ4n) is 4.05. The zero-order chi connectivity index (χ0) is 19.5. The third-order valence-corrected chi connectivity index (χ3v) is 5.64. The number of benzene rings is 2. The molecule has 5 nitrogen and oxygen atoms in total. The molecule has 0 bridgehead atoms. The van der Waals surface area contributed by atoms with Crippen LogP contribution in [0.3, 0.4) is 0 Å². The van der Waals surface area contributed by atoms with Crippen molar-refractivity contribution >= 4 is 16.9 Å². The molecule has 0 spiro atoms. The maximum absolute atomic E-state index is 12.9. The van der Waals surface area contributed by atoms with Crippen molar-refractivity contribution in [3.63, 3.8) is 0 Å². The van der Waals surface area contributed by atoms with Gasteiger partial charge in [0.15, 0.2) is 0 Å². The zero-order valence-electron chi connectivity index (χ0n) is 16.2. The van der Waals surface area contributed by atoms with Gasteiger partial charge in [0.05, 0.1) is 11.0 Å². The SMILES string of the molecule is Cc1nc2ccccc2n(CC(=O)N2CCC(Cc3ccccc3)CC2)c1=O. The van der Waals surface area contributed by atoms with E-state index < -0.39 is 0 Å². The van der Waals surface area contributed by atoms with Crippen molar-refractivity contribution in [2.75, 3.05) is 13.1 Å². The Kier molecular flexibility index (Phi) is 5.24. The lowest BCUT2D eigenvalue weighted by Crippen LogP contribution is -2.42. The van der Waals surface area contributed by atoms with E-state index in [1.54, 1.807) is 11.5 Å². The molecule has 1 aromatic heterocycles. The normalized spacial score (nSPS) is 15.1. The monoisotopic (exact) mass is 375 g/mol. The molecule has 144 valence electrons. The molecule has 4 rings (SSSR count). The number of hydrogen-bond donors (Lipinski definition) is 0. The van der Waals surface area contributed by atoms with Gasteiger partial charge in [0.2, 0.25) is 5.91 Å². The molecule has 0 radical (unpaired) electrons. The van der Waals surface area contributed by atoms with Crippen LogP contribution in [0.25, 0.3) is 11.0 Å². The lowest BCUT2D eigenvalue weighted by Gasteiger charge is -2.32. The van der Waals surface area contributed by atoms with Gasteiger partial charge in [-0.2, -0.15) is 0 Å². The van der Waals surface area contributed by atoms with Gasteiger partial charge in [-0.1, -0.05) is 42.5 Å². The van der Waals surface area contributed by atoms with Crippen LogP contribution < -0.4 is 5.56 Å². The van der Waals surface area contributed by atoms with Crippen molar-refractivity contribution in [2.45, 2.75) is 32.7 Å². The summed E-state index contributed by atoms with van der Waals surface area (Å²) in [6, 6.07) is 18.0. The standard InChI is InChI=1S/C23H25N3O2/c1-17-23(28)26(21-10-6-5-9-20(21)24-17)16-22(27)25-13-11-19(12-14-25)15-18-7-3-2-4-8-18/h2-10,19H,11-16H2,1H3. The molecule has 1 saturated heterocycles. The van der Waals surface area contributed by atoms with Crippen molar-refractivity contribution in [3.8, 4) is 0 Å². The summed E-state index contributed by atoms with van der Waals surface area (Å²) in [7, 11) is 0. The summed E-state index contributed by atoms with van der Waals surface area (Å²) in [4.78, 5) is 31.7. The molecule has 5 heteroatoms. The molecule has 1 amide bonds. The van der Waals surface area contributed by atoms with Crippen molar-refractivity contribution in [3.05, 3.63) is 76.2 Å². The lowest BCUT2D eigenvalue weighted by molar-refractivity contribution is -0.133. The maximum atomic E-state index is 12.9. The predicted octanol–water partition coefficient (Wildman–Crippen LogP) is 3.19. The van der Waals surface area contributed by atoms with E-state index in [2.05, 4.69) is 29.2 Å². The molecular weight excluding hydrogens is 350 g/mol. The Balaban J connectivity index is 1.44. The number of amides is 1. The largest absolute Gasteiger partial charge is 0.341 e. The summed E-state index contributed by atoms with van der Waals surface area (Å²) < 4.78 is 1.57. The minimum Gasteiger partial charge on any atom is -0.341 e. The van der Waals surface area contributed by atoms with Crippen LogP contribution in [0.2, 0.25) is 0 Å². The minimum atomic E-state index is -0.189. The van der Waals surface area contributed by atoms with Gasteiger partial charge in [0.1, 0.15) is 12.2 Å². The Hall–Kier alpha value is -2.95. The van der Waals surface area contributed by atoms with E-state index in [0.717, 1.165) is 37.9 Å². The van der Waals surface area contributed by atoms with Crippen molar-refractivity contribution in [1.29, 1.82) is 0 Å². The van der Waals surface area contributed by atoms with E-state index in [-0.39, 0.29) is 18.0 Å². The first-order valence-corrected chi connectivity index (χ1v) is 9.89. The summed E-state index contributed by atoms with van der Waals surface area (Å²) in [5, 5.41) is 0. The highest BCUT2D eigenvalue weighted by Gasteiger charge is 2.24. The van der Waals surface area contributed by atoms with Crippen LogP contribution in [0, 0.1) is 12.8 Å². The Labute approximate surface area is 164 Å². The molecule has 2 aromatic carbocycles. The van der Waals surface area contributed by atoms with E-state index in [0.29, 0.717) is 17.1 Å². The van der Waals surface area contributed by atoms with Crippen LogP contribution in [-0.2, 0) is 17.8 Å². The highest BCUT2D eigenvalue weighted by molar-refractivity contribution is 5.80. The number of aryl methyl sites for hydroxylation is 1. The van der Waals surface area contributed by atoms with Crippen LogP contribution in [0.15, 0.2) is 59.4 Å². The third-order valence-electron chi connectivity index (χ3n) is 5.64. The number of piperidine rings is 1. The molecule has 0 N–H and O–H groups in total. The molecule has 28 heavy (non-hydrogen) atoms. The van der Waals surface area contributed by atoms with Gasteiger partial charge in [-0.3, -0.25) is 14.2 Å². The molecule has 1 aliphatic heterocycles. The number of aromatic nitrogens is 2. The zero-order valence-corrected chi connectivity index (χ0v) is 16.2. The highest BCUT2D eigenvalue weighted by atomic mass is 16.2. The molecule has 3 aromatic rings. The number of hydrogen-bond acceptors (Lipinski definition) is 3. The minimum absolute atomic E-state index is 0.0102. The van der Waals surface area contributed by atoms with Gasteiger partial charge in [0.25, 0.3) is 5.56 Å². The smallest absolute Gasteiger partial charge is 0.272 e. The topological polar surface area (TPSA) is 55.2 Å². The van der Waals surface area contributed by atoms with Crippen LogP contribution in [0.5, 0.6) is 0 Å². The summed E-state index contributed by atoms with van der Waals surface area (Å²) >= 11 is 0. The second-order valence-corrected chi connectivity index (χ2v) is 7.59. The summed E-state index contributed by atoms with van der Waals surface area (Å²) in [6.07, 6.45) is 3.08. The maximum Gasteiger partial charge on any atom is 0.272 e. The lowest BCUT2D eigenvalue weighted by atomic mass is 9.90. The quantitative estimate of drug-likeness (QED) is 0.704. The summed E-state index contributed by atoms with van der Waals surface area (Å²) in [5.41, 5.74) is 3.05. The Morgan fingerprint density at radius 3 is 2.46 bits per heavy atom. The molecule has 1 aliphatic rings. The molecule has 0 unspecified atom stereocenters. The van der Waals surface area contributed by atoms with E-state index in [1.807, 2.05) is 35.2 Å². The first-order chi connectivity index (χ1) is 13.6. The van der Waals surface area contributed by atoms with Crippen LogP contribution in [-0.4, -0.2) is 33.4 Å².